The van der Waals surface area contributed by atoms with Crippen molar-refractivity contribution in [2.45, 2.75) is 31.8 Å². The lowest BCUT2D eigenvalue weighted by molar-refractivity contribution is -0.126. The molecule has 1 amide bonds. The standard InChI is InChI=1S/C21H26N2O2/c1-14(19(22)15-6-4-3-5-7-15)21(24)23-20(16-8-9-16)17-10-12-18(25-2)13-11-17/h3-7,10-14,16,19-20H,8-9,22H2,1-2H3,(H,23,24). The van der Waals surface area contributed by atoms with Gasteiger partial charge in [-0.3, -0.25) is 4.79 Å². The molecule has 0 spiro atoms. The maximum atomic E-state index is 12.8. The lowest BCUT2D eigenvalue weighted by atomic mass is 9.93. The van der Waals surface area contributed by atoms with Gasteiger partial charge in [-0.25, -0.2) is 0 Å². The van der Waals surface area contributed by atoms with Gasteiger partial charge in [0.25, 0.3) is 0 Å². The average Bonchev–Trinajstić information content (AvgIpc) is 3.50. The Hall–Kier alpha value is -2.33. The van der Waals surface area contributed by atoms with Gasteiger partial charge in [-0.1, -0.05) is 49.4 Å². The van der Waals surface area contributed by atoms with Gasteiger partial charge in [-0.2, -0.15) is 0 Å². The Morgan fingerprint density at radius 3 is 2.28 bits per heavy atom. The predicted molar refractivity (Wildman–Crippen MR) is 99.1 cm³/mol. The second-order valence-electron chi connectivity index (χ2n) is 6.82. The summed E-state index contributed by atoms with van der Waals surface area (Å²) in [5, 5.41) is 3.22. The van der Waals surface area contributed by atoms with Crippen LogP contribution in [0, 0.1) is 11.8 Å². The fourth-order valence-corrected chi connectivity index (χ4v) is 3.13. The summed E-state index contributed by atoms with van der Waals surface area (Å²) in [6, 6.07) is 17.5. The first kappa shape index (κ1) is 17.5. The lowest BCUT2D eigenvalue weighted by Crippen LogP contribution is -2.38. The Labute approximate surface area is 149 Å². The van der Waals surface area contributed by atoms with E-state index in [4.69, 9.17) is 10.5 Å². The molecular formula is C21H26N2O2. The van der Waals surface area contributed by atoms with Crippen molar-refractivity contribution in [2.75, 3.05) is 7.11 Å². The summed E-state index contributed by atoms with van der Waals surface area (Å²) < 4.78 is 5.22. The van der Waals surface area contributed by atoms with Crippen molar-refractivity contribution >= 4 is 5.91 Å². The summed E-state index contributed by atoms with van der Waals surface area (Å²) in [4.78, 5) is 12.8. The zero-order valence-corrected chi connectivity index (χ0v) is 14.8. The summed E-state index contributed by atoms with van der Waals surface area (Å²) in [7, 11) is 1.65. The van der Waals surface area contributed by atoms with E-state index in [-0.39, 0.29) is 23.9 Å². The largest absolute Gasteiger partial charge is 0.497 e. The number of methoxy groups -OCH3 is 1. The third-order valence-electron chi connectivity index (χ3n) is 5.00. The molecule has 3 atom stereocenters. The van der Waals surface area contributed by atoms with Crippen molar-refractivity contribution in [2.24, 2.45) is 17.6 Å². The Bertz CT molecular complexity index is 696. The minimum atomic E-state index is -0.308. The highest BCUT2D eigenvalue weighted by molar-refractivity contribution is 5.79. The summed E-state index contributed by atoms with van der Waals surface area (Å²) in [6.45, 7) is 1.89. The highest BCUT2D eigenvalue weighted by atomic mass is 16.5. The van der Waals surface area contributed by atoms with Crippen LogP contribution in [0.2, 0.25) is 0 Å². The van der Waals surface area contributed by atoms with Crippen LogP contribution >= 0.6 is 0 Å². The second kappa shape index (κ2) is 7.70. The van der Waals surface area contributed by atoms with Crippen molar-refractivity contribution in [1.29, 1.82) is 0 Å². The van der Waals surface area contributed by atoms with Crippen LogP contribution in [0.15, 0.2) is 54.6 Å². The quantitative estimate of drug-likeness (QED) is 0.811. The fraction of sp³-hybridized carbons (Fsp3) is 0.381. The average molecular weight is 338 g/mol. The summed E-state index contributed by atoms with van der Waals surface area (Å²) in [5.74, 6) is 1.05. The Balaban J connectivity index is 1.70. The van der Waals surface area contributed by atoms with Gasteiger partial charge < -0.3 is 15.8 Å². The smallest absolute Gasteiger partial charge is 0.225 e. The number of hydrogen-bond donors (Lipinski definition) is 2. The van der Waals surface area contributed by atoms with Gasteiger partial charge in [-0.05, 0) is 42.0 Å². The minimum Gasteiger partial charge on any atom is -0.497 e. The molecule has 0 heterocycles. The van der Waals surface area contributed by atoms with E-state index < -0.39 is 0 Å². The van der Waals surface area contributed by atoms with Crippen molar-refractivity contribution in [3.63, 3.8) is 0 Å². The molecule has 1 aliphatic rings. The molecule has 25 heavy (non-hydrogen) atoms. The number of amides is 1. The van der Waals surface area contributed by atoms with Crippen LogP contribution in [0.1, 0.15) is 43.0 Å². The molecular weight excluding hydrogens is 312 g/mol. The van der Waals surface area contributed by atoms with E-state index in [1.165, 1.54) is 0 Å². The predicted octanol–water partition coefficient (Wildman–Crippen LogP) is 3.60. The minimum absolute atomic E-state index is 0.00377. The van der Waals surface area contributed by atoms with Crippen LogP contribution in [-0.2, 0) is 4.79 Å². The molecule has 0 aromatic heterocycles. The van der Waals surface area contributed by atoms with Crippen molar-refractivity contribution in [3.05, 3.63) is 65.7 Å². The Kier molecular flexibility index (Phi) is 5.39. The second-order valence-corrected chi connectivity index (χ2v) is 6.82. The van der Waals surface area contributed by atoms with Gasteiger partial charge in [-0.15, -0.1) is 0 Å². The van der Waals surface area contributed by atoms with Crippen molar-refractivity contribution in [3.8, 4) is 5.75 Å². The van der Waals surface area contributed by atoms with Gasteiger partial charge in [0.1, 0.15) is 5.75 Å². The van der Waals surface area contributed by atoms with Crippen LogP contribution in [0.5, 0.6) is 5.75 Å². The molecule has 1 saturated carbocycles. The molecule has 3 unspecified atom stereocenters. The van der Waals surface area contributed by atoms with E-state index in [2.05, 4.69) is 5.32 Å². The van der Waals surface area contributed by atoms with Crippen molar-refractivity contribution < 1.29 is 9.53 Å². The Morgan fingerprint density at radius 2 is 1.72 bits per heavy atom. The molecule has 0 aliphatic heterocycles. The van der Waals surface area contributed by atoms with E-state index in [1.54, 1.807) is 7.11 Å². The van der Waals surface area contributed by atoms with Gasteiger partial charge in [0.15, 0.2) is 0 Å². The highest BCUT2D eigenvalue weighted by Crippen LogP contribution is 2.41. The molecule has 3 N–H and O–H groups in total. The van der Waals surface area contributed by atoms with E-state index >= 15 is 0 Å². The molecule has 2 aromatic carbocycles. The molecule has 4 nitrogen and oxygen atoms in total. The number of ether oxygens (including phenoxy) is 1. The van der Waals surface area contributed by atoms with Crippen LogP contribution in [-0.4, -0.2) is 13.0 Å². The number of nitrogens with one attached hydrogen (secondary N) is 1. The number of benzene rings is 2. The summed E-state index contributed by atoms with van der Waals surface area (Å²) >= 11 is 0. The normalized spacial score (nSPS) is 17.4. The van der Waals surface area contributed by atoms with Gasteiger partial charge in [0, 0.05) is 6.04 Å². The van der Waals surface area contributed by atoms with Crippen LogP contribution < -0.4 is 15.8 Å². The first-order valence-corrected chi connectivity index (χ1v) is 8.85. The number of hydrogen-bond acceptors (Lipinski definition) is 3. The maximum absolute atomic E-state index is 12.8. The fourth-order valence-electron chi connectivity index (χ4n) is 3.13. The third-order valence-corrected chi connectivity index (χ3v) is 5.00. The molecule has 1 aliphatic carbocycles. The molecule has 4 heteroatoms. The van der Waals surface area contributed by atoms with Crippen molar-refractivity contribution in [1.82, 2.24) is 5.32 Å². The monoisotopic (exact) mass is 338 g/mol. The molecule has 3 rings (SSSR count). The van der Waals surface area contributed by atoms with Crippen LogP contribution in [0.3, 0.4) is 0 Å². The zero-order chi connectivity index (χ0) is 17.8. The Morgan fingerprint density at radius 1 is 1.08 bits per heavy atom. The van der Waals surface area contributed by atoms with Crippen LogP contribution in [0.4, 0.5) is 0 Å². The maximum Gasteiger partial charge on any atom is 0.225 e. The van der Waals surface area contributed by atoms with Crippen LogP contribution in [0.25, 0.3) is 0 Å². The van der Waals surface area contributed by atoms with E-state index in [0.717, 1.165) is 29.7 Å². The van der Waals surface area contributed by atoms with E-state index in [0.29, 0.717) is 5.92 Å². The number of nitrogens with two attached hydrogens (primary N) is 1. The molecule has 1 fully saturated rings. The topological polar surface area (TPSA) is 64.3 Å². The first-order valence-electron chi connectivity index (χ1n) is 8.85. The molecule has 2 aromatic rings. The first-order chi connectivity index (χ1) is 12.1. The number of rotatable bonds is 7. The van der Waals surface area contributed by atoms with Gasteiger partial charge in [0.2, 0.25) is 5.91 Å². The highest BCUT2D eigenvalue weighted by Gasteiger charge is 2.35. The molecule has 132 valence electrons. The summed E-state index contributed by atoms with van der Waals surface area (Å²) in [5.41, 5.74) is 8.41. The summed E-state index contributed by atoms with van der Waals surface area (Å²) in [6.07, 6.45) is 2.30. The molecule has 0 saturated heterocycles. The van der Waals surface area contributed by atoms with E-state index in [1.807, 2.05) is 61.5 Å². The number of carbonyl (C=O) groups is 1. The SMILES string of the molecule is COc1ccc(C(NC(=O)C(C)C(N)c2ccccc2)C2CC2)cc1. The lowest BCUT2D eigenvalue weighted by Gasteiger charge is -2.24. The number of carbonyl (C=O) groups excluding carboxylic acids is 1. The van der Waals surface area contributed by atoms with E-state index in [9.17, 15) is 4.79 Å². The molecule has 0 radical (unpaired) electrons. The van der Waals surface area contributed by atoms with Gasteiger partial charge in [0.05, 0.1) is 19.1 Å². The van der Waals surface area contributed by atoms with Gasteiger partial charge >= 0.3 is 0 Å². The zero-order valence-electron chi connectivity index (χ0n) is 14.8. The third kappa shape index (κ3) is 4.20. The molecule has 0 bridgehead atoms.